The third kappa shape index (κ3) is 3.92. The molecule has 2 heterocycles. The fourth-order valence-electron chi connectivity index (χ4n) is 2.84. The van der Waals surface area contributed by atoms with Gasteiger partial charge in [-0.3, -0.25) is 0 Å². The number of nitrogens with zero attached hydrogens (tertiary/aromatic N) is 2. The molecule has 1 saturated heterocycles. The lowest BCUT2D eigenvalue weighted by Crippen LogP contribution is -2.34. The molecule has 0 bridgehead atoms. The largest absolute Gasteiger partial charge is 0.489 e. The van der Waals surface area contributed by atoms with E-state index >= 15 is 0 Å². The summed E-state index contributed by atoms with van der Waals surface area (Å²) in [6.45, 7) is 4.89. The van der Waals surface area contributed by atoms with Crippen LogP contribution < -0.4 is 9.64 Å². The zero-order valence-corrected chi connectivity index (χ0v) is 13.6. The number of pyridine rings is 1. The highest BCUT2D eigenvalue weighted by Gasteiger charge is 2.18. The fraction of sp³-hybridized carbons (Fsp3) is 0.389. The summed E-state index contributed by atoms with van der Waals surface area (Å²) in [7, 11) is 0. The second kappa shape index (κ2) is 7.01. The molecule has 1 aliphatic rings. The van der Waals surface area contributed by atoms with Gasteiger partial charge in [-0.15, -0.1) is 0 Å². The number of halogens is 1. The molecule has 3 nitrogen and oxygen atoms in total. The molecule has 22 heavy (non-hydrogen) atoms. The molecule has 2 aromatic rings. The van der Waals surface area contributed by atoms with E-state index in [1.54, 1.807) is 6.07 Å². The Balaban J connectivity index is 1.72. The van der Waals surface area contributed by atoms with E-state index in [1.807, 2.05) is 24.3 Å². The van der Waals surface area contributed by atoms with E-state index in [9.17, 15) is 0 Å². The Kier molecular flexibility index (Phi) is 4.84. The maximum absolute atomic E-state index is 6.17. The third-order valence-corrected chi connectivity index (χ3v) is 4.18. The van der Waals surface area contributed by atoms with Crippen molar-refractivity contribution in [3.63, 3.8) is 0 Å². The Morgan fingerprint density at radius 3 is 2.86 bits per heavy atom. The Labute approximate surface area is 136 Å². The minimum absolute atomic E-state index is 0.485. The lowest BCUT2D eigenvalue weighted by atomic mass is 10.0. The van der Waals surface area contributed by atoms with E-state index in [0.29, 0.717) is 17.7 Å². The average molecular weight is 317 g/mol. The Bertz CT molecular complexity index is 618. The van der Waals surface area contributed by atoms with Crippen molar-refractivity contribution in [1.29, 1.82) is 0 Å². The first-order valence-electron chi connectivity index (χ1n) is 7.80. The summed E-state index contributed by atoms with van der Waals surface area (Å²) in [5.41, 5.74) is 1.14. The normalized spacial score (nSPS) is 18.3. The Hall–Kier alpha value is -1.74. The summed E-state index contributed by atoms with van der Waals surface area (Å²) in [5.74, 6) is 2.39. The van der Waals surface area contributed by atoms with Crippen LogP contribution in [0.4, 0.5) is 5.82 Å². The number of piperidine rings is 1. The highest BCUT2D eigenvalue weighted by molar-refractivity contribution is 6.29. The van der Waals surface area contributed by atoms with Gasteiger partial charge in [0.25, 0.3) is 0 Å². The summed E-state index contributed by atoms with van der Waals surface area (Å²) in [5, 5.41) is 0.485. The van der Waals surface area contributed by atoms with Gasteiger partial charge in [-0.25, -0.2) is 4.98 Å². The molecule has 1 unspecified atom stereocenters. The summed E-state index contributed by atoms with van der Waals surface area (Å²) in [6, 6.07) is 13.9. The van der Waals surface area contributed by atoms with Gasteiger partial charge in [0, 0.05) is 25.2 Å². The van der Waals surface area contributed by atoms with Crippen LogP contribution in [0.25, 0.3) is 0 Å². The minimum atomic E-state index is 0.485. The van der Waals surface area contributed by atoms with E-state index in [-0.39, 0.29) is 0 Å². The summed E-state index contributed by atoms with van der Waals surface area (Å²) in [4.78, 5) is 6.76. The number of hydrogen-bond donors (Lipinski definition) is 0. The number of ether oxygens (including phenoxy) is 1. The SMILES string of the molecule is CC1CCCN(c2cc(OCc3ccccc3)cc(Cl)n2)C1. The molecule has 1 atom stereocenters. The van der Waals surface area contributed by atoms with E-state index in [4.69, 9.17) is 16.3 Å². The van der Waals surface area contributed by atoms with Crippen LogP contribution in [0.3, 0.4) is 0 Å². The molecule has 1 aliphatic heterocycles. The van der Waals surface area contributed by atoms with Crippen LogP contribution in [0, 0.1) is 5.92 Å². The van der Waals surface area contributed by atoms with Crippen LogP contribution in [0.2, 0.25) is 5.15 Å². The summed E-state index contributed by atoms with van der Waals surface area (Å²) in [6.07, 6.45) is 2.49. The molecule has 0 aliphatic carbocycles. The highest BCUT2D eigenvalue weighted by Crippen LogP contribution is 2.27. The van der Waals surface area contributed by atoms with Crippen LogP contribution in [0.5, 0.6) is 5.75 Å². The molecular weight excluding hydrogens is 296 g/mol. The van der Waals surface area contributed by atoms with Crippen LogP contribution in [-0.4, -0.2) is 18.1 Å². The maximum Gasteiger partial charge on any atom is 0.135 e. The number of rotatable bonds is 4. The van der Waals surface area contributed by atoms with Crippen LogP contribution in [0.15, 0.2) is 42.5 Å². The molecule has 0 radical (unpaired) electrons. The first-order chi connectivity index (χ1) is 10.7. The van der Waals surface area contributed by atoms with Crippen molar-refractivity contribution in [2.75, 3.05) is 18.0 Å². The van der Waals surface area contributed by atoms with Crippen LogP contribution in [0.1, 0.15) is 25.3 Å². The van der Waals surface area contributed by atoms with E-state index in [2.05, 4.69) is 28.9 Å². The average Bonchev–Trinajstić information content (AvgIpc) is 2.53. The van der Waals surface area contributed by atoms with Crippen molar-refractivity contribution < 1.29 is 4.74 Å². The molecule has 116 valence electrons. The van der Waals surface area contributed by atoms with Crippen molar-refractivity contribution in [3.05, 3.63) is 53.2 Å². The molecular formula is C18H21ClN2O. The van der Waals surface area contributed by atoms with Gasteiger partial charge < -0.3 is 9.64 Å². The Morgan fingerprint density at radius 2 is 2.09 bits per heavy atom. The van der Waals surface area contributed by atoms with Gasteiger partial charge in [-0.2, -0.15) is 0 Å². The molecule has 1 aromatic heterocycles. The fourth-order valence-corrected chi connectivity index (χ4v) is 3.04. The van der Waals surface area contributed by atoms with E-state index < -0.39 is 0 Å². The number of aromatic nitrogens is 1. The van der Waals surface area contributed by atoms with Crippen molar-refractivity contribution in [3.8, 4) is 5.75 Å². The van der Waals surface area contributed by atoms with Crippen molar-refractivity contribution in [1.82, 2.24) is 4.98 Å². The van der Waals surface area contributed by atoms with E-state index in [0.717, 1.165) is 30.2 Å². The number of benzene rings is 1. The van der Waals surface area contributed by atoms with Crippen molar-refractivity contribution in [2.45, 2.75) is 26.4 Å². The third-order valence-electron chi connectivity index (χ3n) is 3.98. The van der Waals surface area contributed by atoms with Gasteiger partial charge in [0.1, 0.15) is 23.3 Å². The Morgan fingerprint density at radius 1 is 1.27 bits per heavy atom. The van der Waals surface area contributed by atoms with Gasteiger partial charge in [-0.1, -0.05) is 48.9 Å². The molecule has 3 rings (SSSR count). The second-order valence-corrected chi connectivity index (χ2v) is 6.34. The van der Waals surface area contributed by atoms with Crippen LogP contribution >= 0.6 is 11.6 Å². The minimum Gasteiger partial charge on any atom is -0.489 e. The topological polar surface area (TPSA) is 25.4 Å². The molecule has 0 N–H and O–H groups in total. The predicted molar refractivity (Wildman–Crippen MR) is 90.6 cm³/mol. The van der Waals surface area contributed by atoms with Gasteiger partial charge in [-0.05, 0) is 24.3 Å². The summed E-state index contributed by atoms with van der Waals surface area (Å²) >= 11 is 6.17. The molecule has 1 fully saturated rings. The monoisotopic (exact) mass is 316 g/mol. The van der Waals surface area contributed by atoms with Crippen molar-refractivity contribution >= 4 is 17.4 Å². The number of hydrogen-bond acceptors (Lipinski definition) is 3. The number of anilines is 1. The first-order valence-corrected chi connectivity index (χ1v) is 8.18. The smallest absolute Gasteiger partial charge is 0.135 e. The quantitative estimate of drug-likeness (QED) is 0.774. The lowest BCUT2D eigenvalue weighted by Gasteiger charge is -2.32. The zero-order chi connectivity index (χ0) is 15.4. The predicted octanol–water partition coefficient (Wildman–Crippen LogP) is 4.55. The van der Waals surface area contributed by atoms with Crippen LogP contribution in [-0.2, 0) is 6.61 Å². The molecule has 0 amide bonds. The second-order valence-electron chi connectivity index (χ2n) is 5.95. The highest BCUT2D eigenvalue weighted by atomic mass is 35.5. The van der Waals surface area contributed by atoms with Gasteiger partial charge in [0.15, 0.2) is 0 Å². The van der Waals surface area contributed by atoms with Gasteiger partial charge >= 0.3 is 0 Å². The standard InChI is InChI=1S/C18H21ClN2O/c1-14-6-5-9-21(12-14)18-11-16(10-17(19)20-18)22-13-15-7-3-2-4-8-15/h2-4,7-8,10-11,14H,5-6,9,12-13H2,1H3. The van der Waals surface area contributed by atoms with Gasteiger partial charge in [0.2, 0.25) is 0 Å². The van der Waals surface area contributed by atoms with Gasteiger partial charge in [0.05, 0.1) is 0 Å². The molecule has 4 heteroatoms. The van der Waals surface area contributed by atoms with Crippen molar-refractivity contribution in [2.24, 2.45) is 5.92 Å². The molecule has 0 spiro atoms. The summed E-state index contributed by atoms with van der Waals surface area (Å²) < 4.78 is 5.88. The maximum atomic E-state index is 6.17. The first kappa shape index (κ1) is 15.2. The lowest BCUT2D eigenvalue weighted by molar-refractivity contribution is 0.306. The molecule has 0 saturated carbocycles. The zero-order valence-electron chi connectivity index (χ0n) is 12.8. The van der Waals surface area contributed by atoms with E-state index in [1.165, 1.54) is 12.8 Å². The molecule has 1 aromatic carbocycles.